The Morgan fingerprint density at radius 1 is 0.963 bits per heavy atom. The SMILES string of the molecule is N#Cc1cccc(-c2nc(-c3ccc(C(=O)O)cc3)cc3cccnc23)c1. The maximum atomic E-state index is 11.1. The molecule has 0 fully saturated rings. The maximum absolute atomic E-state index is 11.1. The van der Waals surface area contributed by atoms with Gasteiger partial charge in [0, 0.05) is 22.7 Å². The molecule has 4 aromatic rings. The molecular formula is C22H13N3O2. The lowest BCUT2D eigenvalue weighted by atomic mass is 10.0. The summed E-state index contributed by atoms with van der Waals surface area (Å²) in [5.74, 6) is -0.966. The third kappa shape index (κ3) is 3.12. The van der Waals surface area contributed by atoms with Crippen molar-refractivity contribution >= 4 is 16.9 Å². The van der Waals surface area contributed by atoms with E-state index in [1.165, 1.54) is 0 Å². The van der Waals surface area contributed by atoms with Crippen LogP contribution in [0.1, 0.15) is 15.9 Å². The van der Waals surface area contributed by atoms with Crippen molar-refractivity contribution in [1.82, 2.24) is 9.97 Å². The molecule has 0 aliphatic rings. The number of nitriles is 1. The van der Waals surface area contributed by atoms with Crippen LogP contribution in [0, 0.1) is 11.3 Å². The van der Waals surface area contributed by atoms with Crippen molar-refractivity contribution in [1.29, 1.82) is 5.26 Å². The number of aromatic nitrogens is 2. The summed E-state index contributed by atoms with van der Waals surface area (Å²) in [7, 11) is 0. The Hall–Kier alpha value is -4.04. The third-order valence-corrected chi connectivity index (χ3v) is 4.28. The predicted molar refractivity (Wildman–Crippen MR) is 102 cm³/mol. The number of carbonyl (C=O) groups is 1. The van der Waals surface area contributed by atoms with Gasteiger partial charge in [-0.1, -0.05) is 30.3 Å². The molecular weight excluding hydrogens is 338 g/mol. The fourth-order valence-corrected chi connectivity index (χ4v) is 2.95. The maximum Gasteiger partial charge on any atom is 0.335 e. The molecule has 5 heteroatoms. The molecule has 0 unspecified atom stereocenters. The quantitative estimate of drug-likeness (QED) is 0.586. The molecule has 0 saturated heterocycles. The molecule has 0 atom stereocenters. The van der Waals surface area contributed by atoms with Crippen molar-refractivity contribution < 1.29 is 9.90 Å². The van der Waals surface area contributed by atoms with E-state index in [2.05, 4.69) is 11.1 Å². The number of carboxylic acid groups (broad SMARTS) is 1. The monoisotopic (exact) mass is 351 g/mol. The number of pyridine rings is 2. The van der Waals surface area contributed by atoms with Crippen LogP contribution in [0.5, 0.6) is 0 Å². The molecule has 2 heterocycles. The topological polar surface area (TPSA) is 86.9 Å². The van der Waals surface area contributed by atoms with E-state index in [0.29, 0.717) is 17.0 Å². The van der Waals surface area contributed by atoms with Crippen molar-refractivity contribution in [3.8, 4) is 28.6 Å². The van der Waals surface area contributed by atoms with E-state index in [1.807, 2.05) is 30.3 Å². The van der Waals surface area contributed by atoms with Crippen LogP contribution in [-0.2, 0) is 0 Å². The molecule has 1 N–H and O–H groups in total. The lowest BCUT2D eigenvalue weighted by Gasteiger charge is -2.10. The molecule has 0 amide bonds. The summed E-state index contributed by atoms with van der Waals surface area (Å²) in [5, 5.41) is 19.2. The lowest BCUT2D eigenvalue weighted by molar-refractivity contribution is 0.0697. The molecule has 0 saturated carbocycles. The predicted octanol–water partition coefficient (Wildman–Crippen LogP) is 4.53. The second kappa shape index (κ2) is 6.70. The normalized spacial score (nSPS) is 10.5. The first-order valence-electron chi connectivity index (χ1n) is 8.26. The van der Waals surface area contributed by atoms with Crippen LogP contribution < -0.4 is 0 Å². The van der Waals surface area contributed by atoms with Gasteiger partial charge in [-0.2, -0.15) is 5.26 Å². The van der Waals surface area contributed by atoms with Crippen LogP contribution in [0.4, 0.5) is 0 Å². The van der Waals surface area contributed by atoms with Gasteiger partial charge in [0.15, 0.2) is 0 Å². The van der Waals surface area contributed by atoms with Crippen molar-refractivity contribution in [2.75, 3.05) is 0 Å². The highest BCUT2D eigenvalue weighted by Gasteiger charge is 2.12. The lowest BCUT2D eigenvalue weighted by Crippen LogP contribution is -1.96. The summed E-state index contributed by atoms with van der Waals surface area (Å²) >= 11 is 0. The van der Waals surface area contributed by atoms with Crippen molar-refractivity contribution in [3.63, 3.8) is 0 Å². The zero-order valence-corrected chi connectivity index (χ0v) is 14.1. The zero-order chi connectivity index (χ0) is 18.8. The van der Waals surface area contributed by atoms with Gasteiger partial charge in [0.05, 0.1) is 34.1 Å². The minimum Gasteiger partial charge on any atom is -0.478 e. The molecule has 2 aromatic heterocycles. The average Bonchev–Trinajstić information content (AvgIpc) is 2.73. The first kappa shape index (κ1) is 16.4. The molecule has 128 valence electrons. The van der Waals surface area contributed by atoms with Gasteiger partial charge in [0.25, 0.3) is 0 Å². The van der Waals surface area contributed by atoms with E-state index in [9.17, 15) is 10.1 Å². The Kier molecular flexibility index (Phi) is 4.07. The first-order valence-corrected chi connectivity index (χ1v) is 8.26. The van der Waals surface area contributed by atoms with E-state index < -0.39 is 5.97 Å². The molecule has 27 heavy (non-hydrogen) atoms. The minimum atomic E-state index is -0.966. The summed E-state index contributed by atoms with van der Waals surface area (Å²) in [6.45, 7) is 0. The molecule has 0 radical (unpaired) electrons. The summed E-state index contributed by atoms with van der Waals surface area (Å²) in [5.41, 5.74) is 4.54. The van der Waals surface area contributed by atoms with Gasteiger partial charge in [-0.3, -0.25) is 4.98 Å². The molecule has 5 nitrogen and oxygen atoms in total. The average molecular weight is 351 g/mol. The zero-order valence-electron chi connectivity index (χ0n) is 14.1. The van der Waals surface area contributed by atoms with Gasteiger partial charge in [0.2, 0.25) is 0 Å². The van der Waals surface area contributed by atoms with Gasteiger partial charge >= 0.3 is 5.97 Å². The Balaban J connectivity index is 1.93. The Labute approximate surface area is 155 Å². The van der Waals surface area contributed by atoms with Crippen LogP contribution in [0.2, 0.25) is 0 Å². The number of hydrogen-bond acceptors (Lipinski definition) is 4. The first-order chi connectivity index (χ1) is 13.2. The van der Waals surface area contributed by atoms with Crippen LogP contribution in [0.3, 0.4) is 0 Å². The summed E-state index contributed by atoms with van der Waals surface area (Å²) in [4.78, 5) is 20.3. The van der Waals surface area contributed by atoms with E-state index >= 15 is 0 Å². The minimum absolute atomic E-state index is 0.225. The third-order valence-electron chi connectivity index (χ3n) is 4.28. The highest BCUT2D eigenvalue weighted by atomic mass is 16.4. The molecule has 0 aliphatic heterocycles. The molecule has 2 aromatic carbocycles. The fourth-order valence-electron chi connectivity index (χ4n) is 2.95. The largest absolute Gasteiger partial charge is 0.478 e. The number of carboxylic acids is 1. The van der Waals surface area contributed by atoms with Gasteiger partial charge in [0.1, 0.15) is 0 Å². The standard InChI is InChI=1S/C22H13N3O2/c23-13-14-3-1-4-17(11-14)21-20-18(5-2-10-24-20)12-19(25-21)15-6-8-16(9-7-15)22(26)27/h1-12H,(H,26,27). The second-order valence-corrected chi connectivity index (χ2v) is 6.01. The second-order valence-electron chi connectivity index (χ2n) is 6.01. The van der Waals surface area contributed by atoms with Gasteiger partial charge in [-0.05, 0) is 36.4 Å². The number of benzene rings is 2. The number of fused-ring (bicyclic) bond motifs is 1. The number of aromatic carboxylic acids is 1. The van der Waals surface area contributed by atoms with Crippen LogP contribution in [0.15, 0.2) is 72.9 Å². The summed E-state index contributed by atoms with van der Waals surface area (Å²) in [6, 6.07) is 21.7. The highest BCUT2D eigenvalue weighted by molar-refractivity contribution is 5.94. The van der Waals surface area contributed by atoms with Crippen LogP contribution in [-0.4, -0.2) is 21.0 Å². The Morgan fingerprint density at radius 3 is 2.52 bits per heavy atom. The molecule has 0 bridgehead atoms. The van der Waals surface area contributed by atoms with Gasteiger partial charge < -0.3 is 5.11 Å². The van der Waals surface area contributed by atoms with Crippen molar-refractivity contribution in [2.45, 2.75) is 0 Å². The van der Waals surface area contributed by atoms with E-state index in [4.69, 9.17) is 10.1 Å². The van der Waals surface area contributed by atoms with E-state index in [1.54, 1.807) is 42.6 Å². The van der Waals surface area contributed by atoms with Gasteiger partial charge in [-0.25, -0.2) is 9.78 Å². The van der Waals surface area contributed by atoms with Gasteiger partial charge in [-0.15, -0.1) is 0 Å². The van der Waals surface area contributed by atoms with Crippen LogP contribution >= 0.6 is 0 Å². The molecule has 0 spiro atoms. The molecule has 4 rings (SSSR count). The Morgan fingerprint density at radius 2 is 1.78 bits per heavy atom. The number of hydrogen-bond donors (Lipinski definition) is 1. The van der Waals surface area contributed by atoms with E-state index in [0.717, 1.165) is 22.0 Å². The van der Waals surface area contributed by atoms with Crippen molar-refractivity contribution in [3.05, 3.63) is 84.1 Å². The number of rotatable bonds is 3. The highest BCUT2D eigenvalue weighted by Crippen LogP contribution is 2.30. The number of nitrogens with zero attached hydrogens (tertiary/aromatic N) is 3. The molecule has 0 aliphatic carbocycles. The smallest absolute Gasteiger partial charge is 0.335 e. The van der Waals surface area contributed by atoms with E-state index in [-0.39, 0.29) is 5.56 Å². The summed E-state index contributed by atoms with van der Waals surface area (Å²) < 4.78 is 0. The Bertz CT molecular complexity index is 1210. The summed E-state index contributed by atoms with van der Waals surface area (Å²) in [6.07, 6.45) is 1.71. The van der Waals surface area contributed by atoms with Crippen LogP contribution in [0.25, 0.3) is 33.4 Å². The van der Waals surface area contributed by atoms with Crippen molar-refractivity contribution in [2.24, 2.45) is 0 Å². The fraction of sp³-hybridized carbons (Fsp3) is 0.